The van der Waals surface area contributed by atoms with Crippen molar-refractivity contribution in [1.29, 1.82) is 0 Å². The monoisotopic (exact) mass is 457 g/mol. The van der Waals surface area contributed by atoms with Crippen LogP contribution in [-0.2, 0) is 16.1 Å². The van der Waals surface area contributed by atoms with Gasteiger partial charge in [-0.1, -0.05) is 13.8 Å². The molecule has 0 radical (unpaired) electrons. The van der Waals surface area contributed by atoms with Gasteiger partial charge in [0.2, 0.25) is 11.8 Å². The van der Waals surface area contributed by atoms with Gasteiger partial charge in [-0.15, -0.1) is 0 Å². The Morgan fingerprint density at radius 2 is 2.06 bits per heavy atom. The van der Waals surface area contributed by atoms with Crippen molar-refractivity contribution in [3.63, 3.8) is 0 Å². The van der Waals surface area contributed by atoms with E-state index < -0.39 is 17.3 Å². The van der Waals surface area contributed by atoms with Gasteiger partial charge in [-0.05, 0) is 38.7 Å². The second-order valence-electron chi connectivity index (χ2n) is 9.29. The Kier molecular flexibility index (Phi) is 6.29. The Morgan fingerprint density at radius 1 is 1.33 bits per heavy atom. The van der Waals surface area contributed by atoms with E-state index >= 15 is 0 Å². The van der Waals surface area contributed by atoms with E-state index in [9.17, 15) is 19.5 Å². The summed E-state index contributed by atoms with van der Waals surface area (Å²) in [4.78, 5) is 40.5. The summed E-state index contributed by atoms with van der Waals surface area (Å²) in [5.41, 5.74) is 0.542. The largest absolute Gasteiger partial charge is 0.492 e. The molecular formula is C23H31N5O5. The van der Waals surface area contributed by atoms with Gasteiger partial charge in [0.15, 0.2) is 5.56 Å². The fourth-order valence-electron chi connectivity index (χ4n) is 4.06. The Hall–Kier alpha value is -3.14. The molecule has 1 aliphatic heterocycles. The summed E-state index contributed by atoms with van der Waals surface area (Å²) >= 11 is 0. The molecule has 0 aromatic carbocycles. The van der Waals surface area contributed by atoms with Crippen LogP contribution < -0.4 is 10.9 Å². The minimum absolute atomic E-state index is 0.0248. The van der Waals surface area contributed by atoms with Crippen LogP contribution in [0.25, 0.3) is 11.7 Å². The smallest absolute Gasteiger partial charge is 0.270 e. The molecule has 1 saturated heterocycles. The van der Waals surface area contributed by atoms with Crippen LogP contribution in [0.15, 0.2) is 10.9 Å². The van der Waals surface area contributed by atoms with E-state index in [0.29, 0.717) is 43.1 Å². The van der Waals surface area contributed by atoms with Gasteiger partial charge in [0.05, 0.1) is 18.4 Å². The predicted octanol–water partition coefficient (Wildman–Crippen LogP) is 1.32. The maximum atomic E-state index is 13.4. The first-order chi connectivity index (χ1) is 15.7. The zero-order chi connectivity index (χ0) is 23.9. The van der Waals surface area contributed by atoms with Crippen LogP contribution in [0.2, 0.25) is 0 Å². The molecule has 178 valence electrons. The van der Waals surface area contributed by atoms with Gasteiger partial charge in [-0.2, -0.15) is 9.61 Å². The highest BCUT2D eigenvalue weighted by molar-refractivity contribution is 5.97. The van der Waals surface area contributed by atoms with Crippen molar-refractivity contribution in [1.82, 2.24) is 24.4 Å². The van der Waals surface area contributed by atoms with Crippen molar-refractivity contribution in [3.8, 4) is 5.88 Å². The van der Waals surface area contributed by atoms with Crippen LogP contribution in [0.4, 0.5) is 0 Å². The molecule has 10 nitrogen and oxygen atoms in total. The van der Waals surface area contributed by atoms with Crippen molar-refractivity contribution < 1.29 is 19.4 Å². The number of nitrogens with zero attached hydrogens (tertiary/aromatic N) is 4. The number of rotatable bonds is 6. The van der Waals surface area contributed by atoms with Gasteiger partial charge in [0, 0.05) is 37.3 Å². The topological polar surface area (TPSA) is 118 Å². The van der Waals surface area contributed by atoms with E-state index in [2.05, 4.69) is 10.4 Å². The van der Waals surface area contributed by atoms with Gasteiger partial charge in [0.25, 0.3) is 11.5 Å². The van der Waals surface area contributed by atoms with E-state index in [1.807, 2.05) is 20.8 Å². The van der Waals surface area contributed by atoms with Crippen molar-refractivity contribution in [2.45, 2.75) is 59.2 Å². The summed E-state index contributed by atoms with van der Waals surface area (Å²) < 4.78 is 8.18. The zero-order valence-corrected chi connectivity index (χ0v) is 19.5. The lowest BCUT2D eigenvalue weighted by molar-refractivity contribution is -0.132. The summed E-state index contributed by atoms with van der Waals surface area (Å²) in [7, 11) is 0. The summed E-state index contributed by atoms with van der Waals surface area (Å²) in [5, 5.41) is 18.0. The van der Waals surface area contributed by atoms with E-state index in [1.165, 1.54) is 15.2 Å². The summed E-state index contributed by atoms with van der Waals surface area (Å²) in [6, 6.07) is 0.0392. The predicted molar refractivity (Wildman–Crippen MR) is 122 cm³/mol. The molecule has 2 aromatic heterocycles. The second kappa shape index (κ2) is 9.01. The van der Waals surface area contributed by atoms with Crippen molar-refractivity contribution in [2.75, 3.05) is 19.7 Å². The van der Waals surface area contributed by atoms with Crippen LogP contribution >= 0.6 is 0 Å². The third-order valence-electron chi connectivity index (χ3n) is 5.85. The maximum absolute atomic E-state index is 13.4. The van der Waals surface area contributed by atoms with E-state index in [0.717, 1.165) is 12.8 Å². The number of aryl methyl sites for hydroxylation is 1. The van der Waals surface area contributed by atoms with Gasteiger partial charge in [-0.25, -0.2) is 0 Å². The van der Waals surface area contributed by atoms with Crippen LogP contribution in [0, 0.1) is 12.8 Å². The van der Waals surface area contributed by atoms with E-state index in [1.54, 1.807) is 17.9 Å². The fraction of sp³-hybridized carbons (Fsp3) is 0.565. The number of aromatic hydroxyl groups is 1. The third kappa shape index (κ3) is 4.66. The number of carbonyl (C=O) groups excluding carboxylic acids is 2. The number of nitrogens with one attached hydrogen (secondary N) is 1. The number of hydrogen-bond donors (Lipinski definition) is 2. The average molecular weight is 458 g/mol. The molecule has 2 fully saturated rings. The number of ether oxygens (including phenoxy) is 1. The lowest BCUT2D eigenvalue weighted by Crippen LogP contribution is -2.43. The molecule has 10 heteroatoms. The van der Waals surface area contributed by atoms with Crippen LogP contribution in [-0.4, -0.2) is 67.8 Å². The molecule has 0 spiro atoms. The molecule has 2 amide bonds. The van der Waals surface area contributed by atoms with Gasteiger partial charge >= 0.3 is 0 Å². The summed E-state index contributed by atoms with van der Waals surface area (Å²) in [5.74, 6) is -1.16. The average Bonchev–Trinajstić information content (AvgIpc) is 3.50. The lowest BCUT2D eigenvalue weighted by Gasteiger charge is -2.30. The molecule has 1 saturated carbocycles. The summed E-state index contributed by atoms with van der Waals surface area (Å²) in [6.45, 7) is 9.42. The fourth-order valence-corrected chi connectivity index (χ4v) is 4.06. The first-order valence-corrected chi connectivity index (χ1v) is 11.4. The lowest BCUT2D eigenvalue weighted by atomic mass is 10.1. The molecule has 1 atom stereocenters. The Morgan fingerprint density at radius 3 is 2.70 bits per heavy atom. The highest BCUT2D eigenvalue weighted by atomic mass is 16.5. The Labute approximate surface area is 191 Å². The molecule has 2 aromatic rings. The molecule has 4 rings (SSSR count). The molecule has 2 aliphatic rings. The first-order valence-electron chi connectivity index (χ1n) is 11.4. The highest BCUT2D eigenvalue weighted by Gasteiger charge is 2.30. The van der Waals surface area contributed by atoms with Crippen LogP contribution in [0.5, 0.6) is 5.88 Å². The highest BCUT2D eigenvalue weighted by Crippen LogP contribution is 2.25. The summed E-state index contributed by atoms with van der Waals surface area (Å²) in [6.07, 6.45) is 4.78. The Bertz CT molecular complexity index is 1170. The molecule has 3 heterocycles. The van der Waals surface area contributed by atoms with Crippen molar-refractivity contribution >= 4 is 23.5 Å². The number of hydrogen-bond acceptors (Lipinski definition) is 6. The molecule has 0 bridgehead atoms. The first kappa shape index (κ1) is 23.0. The molecule has 1 aliphatic carbocycles. The molecular weight excluding hydrogens is 426 g/mol. The van der Waals surface area contributed by atoms with E-state index in [4.69, 9.17) is 4.74 Å². The molecule has 2 N–H and O–H groups in total. The third-order valence-corrected chi connectivity index (χ3v) is 5.85. The van der Waals surface area contributed by atoms with Gasteiger partial charge in [0.1, 0.15) is 5.65 Å². The normalized spacial score (nSPS) is 19.1. The maximum Gasteiger partial charge on any atom is 0.270 e. The minimum atomic E-state index is -0.596. The second-order valence-corrected chi connectivity index (χ2v) is 9.29. The number of morpholine rings is 1. The number of carbonyl (C=O) groups is 2. The van der Waals surface area contributed by atoms with Crippen LogP contribution in [0.3, 0.4) is 0 Å². The number of amides is 2. The van der Waals surface area contributed by atoms with Crippen molar-refractivity contribution in [3.05, 3.63) is 33.3 Å². The molecule has 33 heavy (non-hydrogen) atoms. The quantitative estimate of drug-likeness (QED) is 0.632. The van der Waals surface area contributed by atoms with Gasteiger partial charge < -0.3 is 20.1 Å². The SMILES string of the molecule is Cc1nn2c(O)c(C(=O)NC3CC3)c(=O)n(CC(C)C)c2c1C=CC(=O)N1CCOC(C)C1. The van der Waals surface area contributed by atoms with Gasteiger partial charge in [-0.3, -0.25) is 19.0 Å². The zero-order valence-electron chi connectivity index (χ0n) is 19.5. The minimum Gasteiger partial charge on any atom is -0.492 e. The number of aromatic nitrogens is 3. The molecule has 1 unspecified atom stereocenters. The standard InChI is InChI=1S/C23H31N5O5/c1-13(2)11-27-21-17(7-8-18(29)26-9-10-33-14(3)12-26)15(4)25-28(21)23(32)19(22(27)31)20(30)24-16-5-6-16/h7-8,13-14,16,32H,5-6,9-12H2,1-4H3,(H,24,30). The van der Waals surface area contributed by atoms with Crippen LogP contribution in [0.1, 0.15) is 55.2 Å². The van der Waals surface area contributed by atoms with Crippen molar-refractivity contribution in [2.24, 2.45) is 5.92 Å². The Balaban J connectivity index is 1.79. The number of fused-ring (bicyclic) bond motifs is 1. The van der Waals surface area contributed by atoms with E-state index in [-0.39, 0.29) is 29.5 Å².